The molecule has 90 valence electrons. The van der Waals surface area contributed by atoms with Crippen LogP contribution in [0, 0.1) is 0 Å². The van der Waals surface area contributed by atoms with Crippen molar-refractivity contribution in [3.63, 3.8) is 0 Å². The third kappa shape index (κ3) is 3.10. The van der Waals surface area contributed by atoms with Crippen molar-refractivity contribution in [2.24, 2.45) is 0 Å². The predicted octanol–water partition coefficient (Wildman–Crippen LogP) is 0.928. The van der Waals surface area contributed by atoms with Gasteiger partial charge in [-0.05, 0) is 23.1 Å². The number of carbonyl (C=O) groups is 1. The maximum Gasteiger partial charge on any atom is 0.243 e. The molecule has 0 aliphatic heterocycles. The number of aromatic nitrogens is 4. The van der Waals surface area contributed by atoms with Crippen molar-refractivity contribution in [2.75, 3.05) is 6.54 Å². The van der Waals surface area contributed by atoms with Crippen LogP contribution in [0.4, 0.5) is 0 Å². The monoisotopic (exact) mass is 251 g/mol. The summed E-state index contributed by atoms with van der Waals surface area (Å²) in [6, 6.07) is 1.92. The summed E-state index contributed by atoms with van der Waals surface area (Å²) in [6.07, 6.45) is 0.913. The van der Waals surface area contributed by atoms with Gasteiger partial charge in [0, 0.05) is 17.5 Å². The maximum atomic E-state index is 11.4. The molecule has 0 spiro atoms. The molecular formula is C10H13N5OS. The summed E-state index contributed by atoms with van der Waals surface area (Å²) >= 11 is 1.57. The third-order valence-corrected chi connectivity index (χ3v) is 2.77. The molecule has 0 unspecified atom stereocenters. The molecule has 2 aromatic rings. The minimum atomic E-state index is -0.0962. The van der Waals surface area contributed by atoms with Crippen LogP contribution < -0.4 is 5.32 Å². The summed E-state index contributed by atoms with van der Waals surface area (Å²) in [5.74, 6) is 0.454. The van der Waals surface area contributed by atoms with Crippen molar-refractivity contribution in [3.8, 4) is 11.4 Å². The molecular weight excluding hydrogens is 238 g/mol. The molecule has 1 N–H and O–H groups in total. The lowest BCUT2D eigenvalue weighted by Crippen LogP contribution is -2.29. The highest BCUT2D eigenvalue weighted by Crippen LogP contribution is 2.16. The first-order valence-corrected chi connectivity index (χ1v) is 6.31. The Kier molecular flexibility index (Phi) is 3.81. The van der Waals surface area contributed by atoms with E-state index in [0.717, 1.165) is 12.0 Å². The molecule has 2 aromatic heterocycles. The van der Waals surface area contributed by atoms with Gasteiger partial charge in [-0.2, -0.15) is 16.1 Å². The number of thiophene rings is 1. The van der Waals surface area contributed by atoms with E-state index in [2.05, 4.69) is 20.7 Å². The van der Waals surface area contributed by atoms with E-state index in [4.69, 9.17) is 0 Å². The number of hydrogen-bond acceptors (Lipinski definition) is 5. The molecule has 1 amide bonds. The number of nitrogens with zero attached hydrogens (tertiary/aromatic N) is 4. The molecule has 0 aliphatic carbocycles. The first-order chi connectivity index (χ1) is 8.29. The number of hydrogen-bond donors (Lipinski definition) is 1. The van der Waals surface area contributed by atoms with E-state index >= 15 is 0 Å². The van der Waals surface area contributed by atoms with E-state index in [0.29, 0.717) is 12.4 Å². The van der Waals surface area contributed by atoms with Crippen LogP contribution in [0.15, 0.2) is 16.8 Å². The van der Waals surface area contributed by atoms with Gasteiger partial charge in [-0.1, -0.05) is 6.92 Å². The Hall–Kier alpha value is -1.76. The van der Waals surface area contributed by atoms with E-state index in [1.165, 1.54) is 4.80 Å². The Balaban J connectivity index is 1.97. The number of rotatable bonds is 5. The Labute approximate surface area is 103 Å². The molecule has 17 heavy (non-hydrogen) atoms. The van der Waals surface area contributed by atoms with E-state index in [9.17, 15) is 4.79 Å². The minimum Gasteiger partial charge on any atom is -0.354 e. The van der Waals surface area contributed by atoms with Crippen LogP contribution in [0.3, 0.4) is 0 Å². The SMILES string of the molecule is CCCNC(=O)Cn1nnc(-c2ccsc2)n1. The molecule has 6 nitrogen and oxygen atoms in total. The van der Waals surface area contributed by atoms with Gasteiger partial charge >= 0.3 is 0 Å². The molecule has 2 rings (SSSR count). The Morgan fingerprint density at radius 3 is 3.18 bits per heavy atom. The second kappa shape index (κ2) is 5.53. The van der Waals surface area contributed by atoms with Gasteiger partial charge in [0.15, 0.2) is 0 Å². The molecule has 0 aliphatic rings. The fraction of sp³-hybridized carbons (Fsp3) is 0.400. The summed E-state index contributed by atoms with van der Waals surface area (Å²) in [7, 11) is 0. The molecule has 0 saturated carbocycles. The first kappa shape index (κ1) is 11.7. The number of carbonyl (C=O) groups excluding carboxylic acids is 1. The fourth-order valence-electron chi connectivity index (χ4n) is 1.27. The topological polar surface area (TPSA) is 72.7 Å². The summed E-state index contributed by atoms with van der Waals surface area (Å²) in [5, 5.41) is 18.5. The van der Waals surface area contributed by atoms with Crippen molar-refractivity contribution in [1.82, 2.24) is 25.5 Å². The zero-order chi connectivity index (χ0) is 12.1. The molecule has 0 saturated heterocycles. The Morgan fingerprint density at radius 1 is 1.59 bits per heavy atom. The van der Waals surface area contributed by atoms with Gasteiger partial charge in [0.2, 0.25) is 11.7 Å². The summed E-state index contributed by atoms with van der Waals surface area (Å²) < 4.78 is 0. The van der Waals surface area contributed by atoms with Crippen molar-refractivity contribution in [2.45, 2.75) is 19.9 Å². The van der Waals surface area contributed by atoms with Crippen LogP contribution in [0.2, 0.25) is 0 Å². The molecule has 0 aromatic carbocycles. The number of nitrogens with one attached hydrogen (secondary N) is 1. The van der Waals surface area contributed by atoms with Crippen LogP contribution in [0.1, 0.15) is 13.3 Å². The van der Waals surface area contributed by atoms with Crippen LogP contribution in [-0.4, -0.2) is 32.7 Å². The average molecular weight is 251 g/mol. The van der Waals surface area contributed by atoms with Gasteiger partial charge in [0.1, 0.15) is 6.54 Å². The van der Waals surface area contributed by atoms with Gasteiger partial charge in [0.25, 0.3) is 0 Å². The number of amides is 1. The predicted molar refractivity (Wildman–Crippen MR) is 64.4 cm³/mol. The van der Waals surface area contributed by atoms with Gasteiger partial charge in [-0.15, -0.1) is 10.2 Å². The lowest BCUT2D eigenvalue weighted by atomic mass is 10.3. The maximum absolute atomic E-state index is 11.4. The number of tetrazole rings is 1. The Bertz CT molecular complexity index is 479. The lowest BCUT2D eigenvalue weighted by Gasteiger charge is -2.00. The smallest absolute Gasteiger partial charge is 0.243 e. The zero-order valence-electron chi connectivity index (χ0n) is 9.46. The van der Waals surface area contributed by atoms with Crippen molar-refractivity contribution in [3.05, 3.63) is 16.8 Å². The lowest BCUT2D eigenvalue weighted by molar-refractivity contribution is -0.122. The summed E-state index contributed by atoms with van der Waals surface area (Å²) in [6.45, 7) is 2.78. The van der Waals surface area contributed by atoms with Gasteiger partial charge < -0.3 is 5.32 Å². The van der Waals surface area contributed by atoms with Gasteiger partial charge in [-0.25, -0.2) is 0 Å². The van der Waals surface area contributed by atoms with Crippen molar-refractivity contribution in [1.29, 1.82) is 0 Å². The highest BCUT2D eigenvalue weighted by molar-refractivity contribution is 7.08. The van der Waals surface area contributed by atoms with Gasteiger partial charge in [0.05, 0.1) is 0 Å². The third-order valence-electron chi connectivity index (χ3n) is 2.09. The molecule has 0 fully saturated rings. The Morgan fingerprint density at radius 2 is 2.47 bits per heavy atom. The quantitative estimate of drug-likeness (QED) is 0.858. The molecule has 2 heterocycles. The van der Waals surface area contributed by atoms with E-state index in [1.807, 2.05) is 23.8 Å². The second-order valence-corrected chi connectivity index (χ2v) is 4.29. The van der Waals surface area contributed by atoms with Crippen LogP contribution >= 0.6 is 11.3 Å². The van der Waals surface area contributed by atoms with Crippen molar-refractivity contribution >= 4 is 17.2 Å². The van der Waals surface area contributed by atoms with E-state index < -0.39 is 0 Å². The molecule has 0 radical (unpaired) electrons. The first-order valence-electron chi connectivity index (χ1n) is 5.36. The highest BCUT2D eigenvalue weighted by atomic mass is 32.1. The minimum absolute atomic E-state index is 0.0962. The summed E-state index contributed by atoms with van der Waals surface area (Å²) in [4.78, 5) is 12.7. The standard InChI is InChI=1S/C10H13N5OS/c1-2-4-11-9(16)6-15-13-10(12-14-15)8-3-5-17-7-8/h3,5,7H,2,4,6H2,1H3,(H,11,16). The molecule has 0 atom stereocenters. The van der Waals surface area contributed by atoms with Gasteiger partial charge in [-0.3, -0.25) is 4.79 Å². The molecule has 7 heteroatoms. The van der Waals surface area contributed by atoms with Crippen LogP contribution in [0.5, 0.6) is 0 Å². The molecule has 0 bridgehead atoms. The zero-order valence-corrected chi connectivity index (χ0v) is 10.3. The van der Waals surface area contributed by atoms with E-state index in [-0.39, 0.29) is 12.5 Å². The fourth-order valence-corrected chi connectivity index (χ4v) is 1.90. The van der Waals surface area contributed by atoms with Crippen LogP contribution in [0.25, 0.3) is 11.4 Å². The largest absolute Gasteiger partial charge is 0.354 e. The van der Waals surface area contributed by atoms with Crippen LogP contribution in [-0.2, 0) is 11.3 Å². The van der Waals surface area contributed by atoms with E-state index in [1.54, 1.807) is 11.3 Å². The average Bonchev–Trinajstić information content (AvgIpc) is 2.95. The normalized spacial score (nSPS) is 10.4. The van der Waals surface area contributed by atoms with Crippen molar-refractivity contribution < 1.29 is 4.79 Å². The highest BCUT2D eigenvalue weighted by Gasteiger charge is 2.08. The summed E-state index contributed by atoms with van der Waals surface area (Å²) in [5.41, 5.74) is 0.926. The second-order valence-electron chi connectivity index (χ2n) is 3.51.